The van der Waals surface area contributed by atoms with Crippen LogP contribution in [0.1, 0.15) is 6.92 Å². The number of benzene rings is 1. The zero-order valence-electron chi connectivity index (χ0n) is 11.8. The minimum atomic E-state index is -0.744. The Hall–Kier alpha value is -1.99. The molecule has 0 aromatic heterocycles. The average Bonchev–Trinajstić information content (AvgIpc) is 2.41. The van der Waals surface area contributed by atoms with Crippen molar-refractivity contribution in [2.24, 2.45) is 0 Å². The predicted octanol–water partition coefficient (Wildman–Crippen LogP) is 1.19. The van der Waals surface area contributed by atoms with Crippen LogP contribution in [0, 0.1) is 5.82 Å². The maximum absolute atomic E-state index is 13.4. The van der Waals surface area contributed by atoms with Crippen LogP contribution in [0.5, 0.6) is 0 Å². The second-order valence-corrected chi connectivity index (χ2v) is 4.90. The normalized spacial score (nSPS) is 19.0. The molecule has 1 fully saturated rings. The summed E-state index contributed by atoms with van der Waals surface area (Å²) in [6.45, 7) is 3.89. The van der Waals surface area contributed by atoms with E-state index in [0.717, 1.165) is 0 Å². The number of rotatable bonds is 3. The number of amides is 3. The summed E-state index contributed by atoms with van der Waals surface area (Å²) in [6.07, 6.45) is 0.0683. The predicted molar refractivity (Wildman–Crippen MR) is 75.4 cm³/mol. The van der Waals surface area contributed by atoms with Crippen LogP contribution in [0.3, 0.4) is 0 Å². The summed E-state index contributed by atoms with van der Waals surface area (Å²) >= 11 is 0. The second-order valence-electron chi connectivity index (χ2n) is 4.90. The van der Waals surface area contributed by atoms with Crippen molar-refractivity contribution in [2.45, 2.75) is 13.0 Å². The molecule has 1 heterocycles. The molecule has 1 aromatic rings. The lowest BCUT2D eigenvalue weighted by Gasteiger charge is -2.30. The van der Waals surface area contributed by atoms with E-state index in [1.54, 1.807) is 6.07 Å². The number of ether oxygens (including phenoxy) is 1. The van der Waals surface area contributed by atoms with Crippen LogP contribution < -0.4 is 10.6 Å². The van der Waals surface area contributed by atoms with Crippen molar-refractivity contribution in [3.63, 3.8) is 0 Å². The summed E-state index contributed by atoms with van der Waals surface area (Å²) in [5, 5.41) is 4.48. The SMILES string of the molecule is CC1CN(CC(=O)NC(=O)Nc2ccccc2F)CCO1. The number of carbonyl (C=O) groups is 2. The average molecular weight is 295 g/mol. The van der Waals surface area contributed by atoms with Crippen LogP contribution in [-0.4, -0.2) is 49.2 Å². The lowest BCUT2D eigenvalue weighted by atomic mass is 10.3. The first-order valence-electron chi connectivity index (χ1n) is 6.74. The van der Waals surface area contributed by atoms with E-state index in [0.29, 0.717) is 19.7 Å². The molecule has 2 N–H and O–H groups in total. The van der Waals surface area contributed by atoms with Crippen LogP contribution >= 0.6 is 0 Å². The van der Waals surface area contributed by atoms with Crippen molar-refractivity contribution in [1.29, 1.82) is 0 Å². The van der Waals surface area contributed by atoms with Crippen LogP contribution in [0.4, 0.5) is 14.9 Å². The molecule has 114 valence electrons. The van der Waals surface area contributed by atoms with Crippen molar-refractivity contribution in [2.75, 3.05) is 31.6 Å². The Morgan fingerprint density at radius 1 is 1.43 bits per heavy atom. The van der Waals surface area contributed by atoms with Gasteiger partial charge in [-0.05, 0) is 19.1 Å². The zero-order valence-corrected chi connectivity index (χ0v) is 11.8. The molecule has 2 rings (SSSR count). The molecule has 3 amide bonds. The summed E-state index contributed by atoms with van der Waals surface area (Å²) in [5.74, 6) is -0.986. The number of anilines is 1. The van der Waals surface area contributed by atoms with Crippen LogP contribution in [0.2, 0.25) is 0 Å². The number of hydrogen-bond donors (Lipinski definition) is 2. The standard InChI is InChI=1S/C14H18FN3O3/c1-10-8-18(6-7-21-10)9-13(19)17-14(20)16-12-5-3-2-4-11(12)15/h2-5,10H,6-9H2,1H3,(H2,16,17,19,20). The summed E-state index contributed by atoms with van der Waals surface area (Å²) < 4.78 is 18.7. The number of nitrogens with zero attached hydrogens (tertiary/aromatic N) is 1. The number of para-hydroxylation sites is 1. The van der Waals surface area contributed by atoms with Gasteiger partial charge < -0.3 is 10.1 Å². The third-order valence-corrected chi connectivity index (χ3v) is 3.07. The molecule has 0 spiro atoms. The molecule has 7 heteroatoms. The van der Waals surface area contributed by atoms with Gasteiger partial charge in [0.1, 0.15) is 5.82 Å². The van der Waals surface area contributed by atoms with Gasteiger partial charge >= 0.3 is 6.03 Å². The molecule has 6 nitrogen and oxygen atoms in total. The fourth-order valence-electron chi connectivity index (χ4n) is 2.12. The van der Waals surface area contributed by atoms with Crippen LogP contribution in [0.25, 0.3) is 0 Å². The molecule has 1 saturated heterocycles. The molecule has 21 heavy (non-hydrogen) atoms. The van der Waals surface area contributed by atoms with E-state index in [9.17, 15) is 14.0 Å². The van der Waals surface area contributed by atoms with E-state index in [2.05, 4.69) is 10.6 Å². The molecule has 0 saturated carbocycles. The number of carbonyl (C=O) groups excluding carboxylic acids is 2. The van der Waals surface area contributed by atoms with E-state index in [1.165, 1.54) is 18.2 Å². The van der Waals surface area contributed by atoms with Crippen molar-refractivity contribution in [3.8, 4) is 0 Å². The van der Waals surface area contributed by atoms with Gasteiger partial charge in [0.05, 0.1) is 24.9 Å². The third-order valence-electron chi connectivity index (χ3n) is 3.07. The van der Waals surface area contributed by atoms with Gasteiger partial charge in [0.2, 0.25) is 5.91 Å². The second kappa shape index (κ2) is 7.14. The number of imide groups is 1. The highest BCUT2D eigenvalue weighted by molar-refractivity contribution is 6.01. The Kier molecular flexibility index (Phi) is 5.24. The number of nitrogens with one attached hydrogen (secondary N) is 2. The van der Waals surface area contributed by atoms with Gasteiger partial charge in [-0.3, -0.25) is 15.0 Å². The van der Waals surface area contributed by atoms with Crippen molar-refractivity contribution in [1.82, 2.24) is 10.2 Å². The van der Waals surface area contributed by atoms with Gasteiger partial charge in [-0.1, -0.05) is 12.1 Å². The Labute approximate surface area is 122 Å². The number of morpholine rings is 1. The van der Waals surface area contributed by atoms with E-state index in [-0.39, 0.29) is 18.3 Å². The van der Waals surface area contributed by atoms with Crippen molar-refractivity contribution in [3.05, 3.63) is 30.1 Å². The highest BCUT2D eigenvalue weighted by atomic mass is 19.1. The highest BCUT2D eigenvalue weighted by Gasteiger charge is 2.20. The highest BCUT2D eigenvalue weighted by Crippen LogP contribution is 2.11. The van der Waals surface area contributed by atoms with E-state index < -0.39 is 17.8 Å². The maximum atomic E-state index is 13.4. The minimum Gasteiger partial charge on any atom is -0.376 e. The van der Waals surface area contributed by atoms with E-state index >= 15 is 0 Å². The summed E-state index contributed by atoms with van der Waals surface area (Å²) in [6, 6.07) is 5.01. The molecule has 1 aliphatic rings. The van der Waals surface area contributed by atoms with Crippen molar-refractivity contribution >= 4 is 17.6 Å². The molecule has 0 radical (unpaired) electrons. The zero-order chi connectivity index (χ0) is 15.2. The summed E-state index contributed by atoms with van der Waals surface area (Å²) in [4.78, 5) is 25.3. The van der Waals surface area contributed by atoms with Gasteiger partial charge in [0.25, 0.3) is 0 Å². The summed E-state index contributed by atoms with van der Waals surface area (Å²) in [7, 11) is 0. The first-order chi connectivity index (χ1) is 10.0. The lowest BCUT2D eigenvalue weighted by Crippen LogP contribution is -2.47. The Morgan fingerprint density at radius 3 is 2.90 bits per heavy atom. The first kappa shape index (κ1) is 15.4. The molecule has 1 aromatic carbocycles. The summed E-state index contributed by atoms with van der Waals surface area (Å²) in [5.41, 5.74) is 0.0304. The van der Waals surface area contributed by atoms with E-state index in [4.69, 9.17) is 4.74 Å². The maximum Gasteiger partial charge on any atom is 0.326 e. The van der Waals surface area contributed by atoms with Crippen molar-refractivity contribution < 1.29 is 18.7 Å². The number of hydrogen-bond acceptors (Lipinski definition) is 4. The van der Waals surface area contributed by atoms with Gasteiger partial charge in [-0.15, -0.1) is 0 Å². The molecule has 1 unspecified atom stereocenters. The minimum absolute atomic E-state index is 0.0304. The monoisotopic (exact) mass is 295 g/mol. The first-order valence-corrected chi connectivity index (χ1v) is 6.74. The van der Waals surface area contributed by atoms with Gasteiger partial charge in [-0.25, -0.2) is 9.18 Å². The molecule has 1 atom stereocenters. The molecule has 1 aliphatic heterocycles. The smallest absolute Gasteiger partial charge is 0.326 e. The van der Waals surface area contributed by atoms with Crippen LogP contribution in [0.15, 0.2) is 24.3 Å². The number of urea groups is 1. The topological polar surface area (TPSA) is 70.7 Å². The number of halogens is 1. The molecular formula is C14H18FN3O3. The largest absolute Gasteiger partial charge is 0.376 e. The fraction of sp³-hybridized carbons (Fsp3) is 0.429. The quantitative estimate of drug-likeness (QED) is 0.879. The molecular weight excluding hydrogens is 277 g/mol. The Balaban J connectivity index is 1.79. The van der Waals surface area contributed by atoms with Crippen LogP contribution in [-0.2, 0) is 9.53 Å². The fourth-order valence-corrected chi connectivity index (χ4v) is 2.12. The molecule has 0 bridgehead atoms. The lowest BCUT2D eigenvalue weighted by molar-refractivity contribution is -0.122. The van der Waals surface area contributed by atoms with Gasteiger partial charge in [-0.2, -0.15) is 0 Å². The van der Waals surface area contributed by atoms with Gasteiger partial charge in [0.15, 0.2) is 0 Å². The van der Waals surface area contributed by atoms with E-state index in [1.807, 2.05) is 11.8 Å². The van der Waals surface area contributed by atoms with Gasteiger partial charge in [0, 0.05) is 13.1 Å². The Morgan fingerprint density at radius 2 is 2.19 bits per heavy atom. The molecule has 0 aliphatic carbocycles. The third kappa shape index (κ3) is 4.80. The Bertz CT molecular complexity index is 524.